The molecule has 1 aromatic carbocycles. The third-order valence-electron chi connectivity index (χ3n) is 3.71. The molecule has 2 rings (SSSR count). The second-order valence-electron chi connectivity index (χ2n) is 6.79. The minimum atomic E-state index is -0.217. The van der Waals surface area contributed by atoms with Crippen LogP contribution in [0.4, 0.5) is 10.5 Å². The average Bonchev–Trinajstić information content (AvgIpc) is 2.38. The Morgan fingerprint density at radius 2 is 1.85 bits per heavy atom. The number of carbonyl (C=O) groups is 1. The highest BCUT2D eigenvalue weighted by atomic mass is 16.2. The van der Waals surface area contributed by atoms with E-state index in [-0.39, 0.29) is 11.6 Å². The van der Waals surface area contributed by atoms with Crippen molar-refractivity contribution in [2.24, 2.45) is 0 Å². The highest BCUT2D eigenvalue weighted by molar-refractivity contribution is 5.89. The van der Waals surface area contributed by atoms with Gasteiger partial charge in [-0.05, 0) is 57.2 Å². The first-order valence-electron chi connectivity index (χ1n) is 7.63. The number of amides is 2. The van der Waals surface area contributed by atoms with Crippen molar-refractivity contribution in [2.45, 2.75) is 64.3 Å². The van der Waals surface area contributed by atoms with Gasteiger partial charge in [-0.1, -0.05) is 31.4 Å². The molecule has 0 spiro atoms. The van der Waals surface area contributed by atoms with Crippen LogP contribution in [-0.4, -0.2) is 11.6 Å². The van der Waals surface area contributed by atoms with E-state index in [4.69, 9.17) is 0 Å². The van der Waals surface area contributed by atoms with Crippen LogP contribution in [0.2, 0.25) is 0 Å². The summed E-state index contributed by atoms with van der Waals surface area (Å²) < 4.78 is 0. The lowest BCUT2D eigenvalue weighted by Crippen LogP contribution is -2.43. The molecule has 1 aromatic rings. The van der Waals surface area contributed by atoms with E-state index < -0.39 is 0 Å². The van der Waals surface area contributed by atoms with Gasteiger partial charge in [0.05, 0.1) is 0 Å². The monoisotopic (exact) mass is 274 g/mol. The first-order chi connectivity index (χ1) is 9.44. The SMILES string of the molecule is CC(C)(C)NC(=O)Nc1cccc(C2CCCCC2)c1. The summed E-state index contributed by atoms with van der Waals surface area (Å²) in [6, 6.07) is 8.16. The highest BCUT2D eigenvalue weighted by Crippen LogP contribution is 2.33. The van der Waals surface area contributed by atoms with Crippen LogP contribution in [0.25, 0.3) is 0 Å². The fourth-order valence-electron chi connectivity index (χ4n) is 2.81. The summed E-state index contributed by atoms with van der Waals surface area (Å²) in [5.41, 5.74) is 2.03. The number of rotatable bonds is 2. The first-order valence-corrected chi connectivity index (χ1v) is 7.63. The van der Waals surface area contributed by atoms with Crippen molar-refractivity contribution < 1.29 is 4.79 Å². The maximum Gasteiger partial charge on any atom is 0.319 e. The summed E-state index contributed by atoms with van der Waals surface area (Å²) in [7, 11) is 0. The minimum absolute atomic E-state index is 0.140. The van der Waals surface area contributed by atoms with E-state index in [1.54, 1.807) is 0 Å². The molecule has 3 heteroatoms. The molecule has 0 bridgehead atoms. The second kappa shape index (κ2) is 6.29. The number of nitrogens with one attached hydrogen (secondary N) is 2. The van der Waals surface area contributed by atoms with Gasteiger partial charge in [-0.25, -0.2) is 4.79 Å². The van der Waals surface area contributed by atoms with Crippen LogP contribution in [0, 0.1) is 0 Å². The van der Waals surface area contributed by atoms with Gasteiger partial charge >= 0.3 is 6.03 Å². The summed E-state index contributed by atoms with van der Waals surface area (Å²) >= 11 is 0. The largest absolute Gasteiger partial charge is 0.333 e. The minimum Gasteiger partial charge on any atom is -0.333 e. The molecular weight excluding hydrogens is 248 g/mol. The van der Waals surface area contributed by atoms with Crippen molar-refractivity contribution in [3.05, 3.63) is 29.8 Å². The Balaban J connectivity index is 2.00. The molecular formula is C17H26N2O. The number of hydrogen-bond donors (Lipinski definition) is 2. The maximum absolute atomic E-state index is 11.9. The number of benzene rings is 1. The zero-order valence-corrected chi connectivity index (χ0v) is 12.8. The number of anilines is 1. The van der Waals surface area contributed by atoms with Crippen LogP contribution >= 0.6 is 0 Å². The Kier molecular flexibility index (Phi) is 4.69. The summed E-state index contributed by atoms with van der Waals surface area (Å²) in [5, 5.41) is 5.84. The van der Waals surface area contributed by atoms with E-state index in [2.05, 4.69) is 22.8 Å². The zero-order valence-electron chi connectivity index (χ0n) is 12.8. The molecule has 1 aliphatic carbocycles. The first kappa shape index (κ1) is 14.9. The Morgan fingerprint density at radius 1 is 1.15 bits per heavy atom. The van der Waals surface area contributed by atoms with E-state index >= 15 is 0 Å². The van der Waals surface area contributed by atoms with Gasteiger partial charge in [-0.15, -0.1) is 0 Å². The van der Waals surface area contributed by atoms with Gasteiger partial charge in [-0.2, -0.15) is 0 Å². The number of carbonyl (C=O) groups excluding carboxylic acids is 1. The van der Waals surface area contributed by atoms with E-state index in [1.165, 1.54) is 37.7 Å². The average molecular weight is 274 g/mol. The van der Waals surface area contributed by atoms with Crippen LogP contribution in [0.15, 0.2) is 24.3 Å². The summed E-state index contributed by atoms with van der Waals surface area (Å²) in [6.07, 6.45) is 6.57. The van der Waals surface area contributed by atoms with E-state index in [0.29, 0.717) is 5.92 Å². The summed E-state index contributed by atoms with van der Waals surface area (Å²) in [4.78, 5) is 11.9. The molecule has 20 heavy (non-hydrogen) atoms. The lowest BCUT2D eigenvalue weighted by Gasteiger charge is -2.23. The standard InChI is InChI=1S/C17H26N2O/c1-17(2,3)19-16(20)18-15-11-7-10-14(12-15)13-8-5-4-6-9-13/h7,10-13H,4-6,8-9H2,1-3H3,(H2,18,19,20). The summed E-state index contributed by atoms with van der Waals surface area (Å²) in [6.45, 7) is 5.93. The molecule has 1 fully saturated rings. The Hall–Kier alpha value is -1.51. The zero-order chi connectivity index (χ0) is 14.6. The van der Waals surface area contributed by atoms with E-state index in [0.717, 1.165) is 5.69 Å². The van der Waals surface area contributed by atoms with Crippen LogP contribution in [0.1, 0.15) is 64.4 Å². The lowest BCUT2D eigenvalue weighted by molar-refractivity contribution is 0.244. The van der Waals surface area contributed by atoms with E-state index in [1.807, 2.05) is 32.9 Å². The molecule has 1 aliphatic rings. The third kappa shape index (κ3) is 4.55. The van der Waals surface area contributed by atoms with E-state index in [9.17, 15) is 4.79 Å². The van der Waals surface area contributed by atoms with Crippen LogP contribution in [0.5, 0.6) is 0 Å². The van der Waals surface area contributed by atoms with Crippen LogP contribution < -0.4 is 10.6 Å². The Labute approximate surface area is 122 Å². The third-order valence-corrected chi connectivity index (χ3v) is 3.71. The molecule has 1 saturated carbocycles. The maximum atomic E-state index is 11.9. The molecule has 2 amide bonds. The molecule has 2 N–H and O–H groups in total. The van der Waals surface area contributed by atoms with Gasteiger partial charge in [0, 0.05) is 11.2 Å². The van der Waals surface area contributed by atoms with Crippen molar-refractivity contribution in [1.82, 2.24) is 5.32 Å². The van der Waals surface area contributed by atoms with Gasteiger partial charge in [0.25, 0.3) is 0 Å². The Morgan fingerprint density at radius 3 is 2.50 bits per heavy atom. The number of urea groups is 1. The Bertz CT molecular complexity index is 456. The van der Waals surface area contributed by atoms with Crippen LogP contribution in [-0.2, 0) is 0 Å². The molecule has 0 saturated heterocycles. The predicted molar refractivity (Wildman–Crippen MR) is 84.2 cm³/mol. The van der Waals surface area contributed by atoms with Gasteiger partial charge in [-0.3, -0.25) is 0 Å². The molecule has 110 valence electrons. The quantitative estimate of drug-likeness (QED) is 0.809. The predicted octanol–water partition coefficient (Wildman–Crippen LogP) is 4.65. The van der Waals surface area contributed by atoms with Crippen molar-refractivity contribution in [3.63, 3.8) is 0 Å². The van der Waals surface area contributed by atoms with Crippen molar-refractivity contribution in [3.8, 4) is 0 Å². The normalized spacial score (nSPS) is 16.8. The molecule has 0 heterocycles. The second-order valence-corrected chi connectivity index (χ2v) is 6.79. The van der Waals surface area contributed by atoms with Crippen molar-refractivity contribution >= 4 is 11.7 Å². The molecule has 0 aromatic heterocycles. The van der Waals surface area contributed by atoms with Gasteiger partial charge in [0.15, 0.2) is 0 Å². The number of hydrogen-bond acceptors (Lipinski definition) is 1. The molecule has 0 unspecified atom stereocenters. The highest BCUT2D eigenvalue weighted by Gasteiger charge is 2.17. The molecule has 0 aliphatic heterocycles. The topological polar surface area (TPSA) is 41.1 Å². The van der Waals surface area contributed by atoms with Gasteiger partial charge in [0.2, 0.25) is 0 Å². The smallest absolute Gasteiger partial charge is 0.319 e. The fourth-order valence-corrected chi connectivity index (χ4v) is 2.81. The van der Waals surface area contributed by atoms with Crippen molar-refractivity contribution in [2.75, 3.05) is 5.32 Å². The van der Waals surface area contributed by atoms with Crippen LogP contribution in [0.3, 0.4) is 0 Å². The van der Waals surface area contributed by atoms with Gasteiger partial charge < -0.3 is 10.6 Å². The van der Waals surface area contributed by atoms with Crippen molar-refractivity contribution in [1.29, 1.82) is 0 Å². The molecule has 0 radical (unpaired) electrons. The lowest BCUT2D eigenvalue weighted by atomic mass is 9.84. The fraction of sp³-hybridized carbons (Fsp3) is 0.588. The summed E-state index contributed by atoms with van der Waals surface area (Å²) in [5.74, 6) is 0.663. The molecule has 3 nitrogen and oxygen atoms in total. The van der Waals surface area contributed by atoms with Gasteiger partial charge in [0.1, 0.15) is 0 Å². The molecule has 0 atom stereocenters.